The van der Waals surface area contributed by atoms with Crippen molar-refractivity contribution in [3.63, 3.8) is 0 Å². The first kappa shape index (κ1) is 21.1. The van der Waals surface area contributed by atoms with E-state index in [1.165, 1.54) is 0 Å². The fourth-order valence-corrected chi connectivity index (χ4v) is 2.90. The first-order chi connectivity index (χ1) is 12.9. The number of nitrogens with one attached hydrogen (secondary N) is 2. The second-order valence-corrected chi connectivity index (χ2v) is 7.86. The van der Waals surface area contributed by atoms with Gasteiger partial charge >= 0.3 is 0 Å². The second-order valence-electron chi connectivity index (χ2n) is 7.86. The monoisotopic (exact) mass is 374 g/mol. The van der Waals surface area contributed by atoms with Crippen molar-refractivity contribution in [1.82, 2.24) is 15.5 Å². The topological polar surface area (TPSA) is 66.0 Å². The van der Waals surface area contributed by atoms with Crippen LogP contribution < -0.4 is 15.4 Å². The highest BCUT2D eigenvalue weighted by Gasteiger charge is 2.23. The van der Waals surface area contributed by atoms with Crippen molar-refractivity contribution in [2.45, 2.75) is 46.6 Å². The molecule has 0 saturated carbocycles. The van der Waals surface area contributed by atoms with Crippen LogP contribution in [0.1, 0.15) is 40.5 Å². The van der Waals surface area contributed by atoms with Crippen molar-refractivity contribution in [1.29, 1.82) is 0 Å². The number of para-hydroxylation sites is 1. The minimum absolute atomic E-state index is 0.0570. The maximum Gasteiger partial charge on any atom is 0.225 e. The third kappa shape index (κ3) is 7.12. The molecule has 0 aromatic heterocycles. The number of amides is 1. The van der Waals surface area contributed by atoms with Gasteiger partial charge in [0, 0.05) is 44.4 Å². The number of ether oxygens (including phenoxy) is 1. The summed E-state index contributed by atoms with van der Waals surface area (Å²) in [6.45, 7) is 11.6. The van der Waals surface area contributed by atoms with E-state index in [4.69, 9.17) is 4.74 Å². The van der Waals surface area contributed by atoms with Crippen LogP contribution in [0, 0.1) is 5.41 Å². The summed E-state index contributed by atoms with van der Waals surface area (Å²) in [5.74, 6) is 1.91. The van der Waals surface area contributed by atoms with E-state index >= 15 is 0 Å². The summed E-state index contributed by atoms with van der Waals surface area (Å²) in [5.41, 5.74) is -0.366. The lowest BCUT2D eigenvalue weighted by atomic mass is 9.96. The molecule has 0 unspecified atom stereocenters. The van der Waals surface area contributed by atoms with Gasteiger partial charge < -0.3 is 20.3 Å². The van der Waals surface area contributed by atoms with Crippen molar-refractivity contribution in [2.24, 2.45) is 10.4 Å². The Labute approximate surface area is 163 Å². The SMILES string of the molecule is CCNC(=NCCNC(=O)C(C)(C)C)N1CCC(Oc2ccccc2)CC1. The molecule has 2 rings (SSSR count). The van der Waals surface area contributed by atoms with Crippen LogP contribution in [0.5, 0.6) is 5.75 Å². The van der Waals surface area contributed by atoms with E-state index in [1.54, 1.807) is 0 Å². The number of nitrogens with zero attached hydrogens (tertiary/aromatic N) is 2. The summed E-state index contributed by atoms with van der Waals surface area (Å²) in [5, 5.41) is 6.30. The van der Waals surface area contributed by atoms with Crippen LogP contribution in [0.4, 0.5) is 0 Å². The van der Waals surface area contributed by atoms with Gasteiger partial charge in [-0.15, -0.1) is 0 Å². The zero-order valence-corrected chi connectivity index (χ0v) is 17.1. The molecule has 27 heavy (non-hydrogen) atoms. The number of aliphatic imine (C=N–C) groups is 1. The summed E-state index contributed by atoms with van der Waals surface area (Å²) in [4.78, 5) is 18.9. The number of hydrogen-bond acceptors (Lipinski definition) is 3. The molecule has 1 aromatic rings. The van der Waals surface area contributed by atoms with Crippen LogP contribution in [-0.4, -0.2) is 55.6 Å². The molecule has 6 nitrogen and oxygen atoms in total. The molecule has 0 bridgehead atoms. The second kappa shape index (κ2) is 10.2. The maximum atomic E-state index is 11.9. The van der Waals surface area contributed by atoms with E-state index in [0.29, 0.717) is 13.1 Å². The highest BCUT2D eigenvalue weighted by Crippen LogP contribution is 2.18. The molecule has 0 radical (unpaired) electrons. The number of likely N-dealkylation sites (tertiary alicyclic amines) is 1. The molecule has 150 valence electrons. The largest absolute Gasteiger partial charge is 0.490 e. The molecular formula is C21H34N4O2. The summed E-state index contributed by atoms with van der Waals surface area (Å²) < 4.78 is 6.07. The molecule has 2 N–H and O–H groups in total. The Hall–Kier alpha value is -2.24. The number of carbonyl (C=O) groups is 1. The molecule has 1 saturated heterocycles. The Bertz CT molecular complexity index is 602. The van der Waals surface area contributed by atoms with Crippen LogP contribution in [0.3, 0.4) is 0 Å². The number of carbonyl (C=O) groups excluding carboxylic acids is 1. The first-order valence-corrected chi connectivity index (χ1v) is 9.93. The molecule has 1 aromatic carbocycles. The van der Waals surface area contributed by atoms with Crippen molar-refractivity contribution in [3.05, 3.63) is 30.3 Å². The summed E-state index contributed by atoms with van der Waals surface area (Å²) in [6.07, 6.45) is 2.19. The molecule has 0 aliphatic carbocycles. The zero-order valence-electron chi connectivity index (χ0n) is 17.1. The zero-order chi connectivity index (χ0) is 19.7. The highest BCUT2D eigenvalue weighted by atomic mass is 16.5. The third-order valence-electron chi connectivity index (χ3n) is 4.46. The molecule has 1 heterocycles. The molecule has 1 aliphatic heterocycles. The van der Waals surface area contributed by atoms with Crippen LogP contribution in [0.15, 0.2) is 35.3 Å². The van der Waals surface area contributed by atoms with E-state index in [9.17, 15) is 4.79 Å². The maximum absolute atomic E-state index is 11.9. The van der Waals surface area contributed by atoms with E-state index in [-0.39, 0.29) is 17.4 Å². The van der Waals surface area contributed by atoms with Gasteiger partial charge in [0.05, 0.1) is 6.54 Å². The van der Waals surface area contributed by atoms with Crippen molar-refractivity contribution >= 4 is 11.9 Å². The van der Waals surface area contributed by atoms with Gasteiger partial charge in [-0.3, -0.25) is 9.79 Å². The van der Waals surface area contributed by atoms with E-state index in [0.717, 1.165) is 44.2 Å². The molecule has 6 heteroatoms. The molecular weight excluding hydrogens is 340 g/mol. The van der Waals surface area contributed by atoms with Crippen LogP contribution in [-0.2, 0) is 4.79 Å². The summed E-state index contributed by atoms with van der Waals surface area (Å²) >= 11 is 0. The predicted molar refractivity (Wildman–Crippen MR) is 110 cm³/mol. The van der Waals surface area contributed by atoms with Crippen molar-refractivity contribution < 1.29 is 9.53 Å². The smallest absolute Gasteiger partial charge is 0.225 e. The number of benzene rings is 1. The Balaban J connectivity index is 1.80. The molecule has 0 atom stereocenters. The van der Waals surface area contributed by atoms with Gasteiger partial charge in [-0.25, -0.2) is 0 Å². The fraction of sp³-hybridized carbons (Fsp3) is 0.619. The number of guanidine groups is 1. The van der Waals surface area contributed by atoms with Crippen LogP contribution >= 0.6 is 0 Å². The van der Waals surface area contributed by atoms with Crippen LogP contribution in [0.25, 0.3) is 0 Å². The summed E-state index contributed by atoms with van der Waals surface area (Å²) in [7, 11) is 0. The average Bonchev–Trinajstić information content (AvgIpc) is 2.65. The molecule has 1 amide bonds. The lowest BCUT2D eigenvalue weighted by Gasteiger charge is -2.34. The summed E-state index contributed by atoms with van der Waals surface area (Å²) in [6, 6.07) is 10.0. The third-order valence-corrected chi connectivity index (χ3v) is 4.46. The Kier molecular flexibility index (Phi) is 7.95. The highest BCUT2D eigenvalue weighted by molar-refractivity contribution is 5.81. The van der Waals surface area contributed by atoms with E-state index in [2.05, 4.69) is 27.4 Å². The average molecular weight is 375 g/mol. The van der Waals surface area contributed by atoms with Gasteiger partial charge in [0.2, 0.25) is 5.91 Å². The Morgan fingerprint density at radius 3 is 2.44 bits per heavy atom. The van der Waals surface area contributed by atoms with E-state index < -0.39 is 0 Å². The minimum atomic E-state index is -0.366. The molecule has 0 spiro atoms. The van der Waals surface area contributed by atoms with E-state index in [1.807, 2.05) is 51.1 Å². The standard InChI is InChI=1S/C21H34N4O2/c1-5-22-20(24-14-13-23-19(26)21(2,3)4)25-15-11-18(12-16-25)27-17-9-7-6-8-10-17/h6-10,18H,5,11-16H2,1-4H3,(H,22,24)(H,23,26). The van der Waals surface area contributed by atoms with Gasteiger partial charge in [0.1, 0.15) is 11.9 Å². The Morgan fingerprint density at radius 2 is 1.85 bits per heavy atom. The lowest BCUT2D eigenvalue weighted by molar-refractivity contribution is -0.128. The number of rotatable bonds is 6. The molecule has 1 fully saturated rings. The minimum Gasteiger partial charge on any atom is -0.490 e. The van der Waals surface area contributed by atoms with Crippen molar-refractivity contribution in [2.75, 3.05) is 32.7 Å². The van der Waals surface area contributed by atoms with Crippen molar-refractivity contribution in [3.8, 4) is 5.75 Å². The molecule has 1 aliphatic rings. The fourth-order valence-electron chi connectivity index (χ4n) is 2.90. The van der Waals surface area contributed by atoms with Gasteiger partial charge in [-0.2, -0.15) is 0 Å². The quantitative estimate of drug-likeness (QED) is 0.456. The van der Waals surface area contributed by atoms with Gasteiger partial charge in [-0.05, 0) is 19.1 Å². The normalized spacial score (nSPS) is 16.1. The number of hydrogen-bond donors (Lipinski definition) is 2. The Morgan fingerprint density at radius 1 is 1.19 bits per heavy atom. The van der Waals surface area contributed by atoms with Gasteiger partial charge in [-0.1, -0.05) is 39.0 Å². The number of piperidine rings is 1. The predicted octanol–water partition coefficient (Wildman–Crippen LogP) is 2.66. The van der Waals surface area contributed by atoms with Gasteiger partial charge in [0.15, 0.2) is 5.96 Å². The van der Waals surface area contributed by atoms with Gasteiger partial charge in [0.25, 0.3) is 0 Å². The lowest BCUT2D eigenvalue weighted by Crippen LogP contribution is -2.47. The first-order valence-electron chi connectivity index (χ1n) is 9.93. The van der Waals surface area contributed by atoms with Crippen LogP contribution in [0.2, 0.25) is 0 Å².